The van der Waals surface area contributed by atoms with Crippen LogP contribution in [0.2, 0.25) is 0 Å². The molecule has 1 atom stereocenters. The summed E-state index contributed by atoms with van der Waals surface area (Å²) in [7, 11) is 0. The van der Waals surface area contributed by atoms with E-state index in [9.17, 15) is 4.91 Å². The third-order valence-corrected chi connectivity index (χ3v) is 2.96. The molecule has 2 nitrogen and oxygen atoms in total. The Hall–Kier alpha value is -1.18. The zero-order valence-electron chi connectivity index (χ0n) is 8.66. The van der Waals surface area contributed by atoms with Gasteiger partial charge in [-0.15, -0.1) is 0 Å². The maximum atomic E-state index is 10.8. The number of fused-ring (bicyclic) bond motifs is 1. The Morgan fingerprint density at radius 3 is 2.79 bits per heavy atom. The molecule has 0 saturated carbocycles. The Morgan fingerprint density at radius 1 is 1.36 bits per heavy atom. The number of benzene rings is 1. The second-order valence-electron chi connectivity index (χ2n) is 4.87. The van der Waals surface area contributed by atoms with E-state index in [4.69, 9.17) is 0 Å². The summed E-state index contributed by atoms with van der Waals surface area (Å²) >= 11 is 0. The molecule has 2 heteroatoms. The number of hydrogen-bond acceptors (Lipinski definition) is 2. The number of rotatable bonds is 1. The largest absolute Gasteiger partial charge is 0.150 e. The summed E-state index contributed by atoms with van der Waals surface area (Å²) in [4.78, 5) is 10.8. The number of nitroso groups, excluding NO2 is 1. The normalized spacial score (nSPS) is 24.0. The minimum absolute atomic E-state index is 0.144. The van der Waals surface area contributed by atoms with E-state index in [2.05, 4.69) is 25.1 Å². The summed E-state index contributed by atoms with van der Waals surface area (Å²) in [6.07, 6.45) is 1.92. The Labute approximate surface area is 84.3 Å². The zero-order valence-corrected chi connectivity index (χ0v) is 8.66. The fourth-order valence-corrected chi connectivity index (χ4v) is 2.34. The van der Waals surface area contributed by atoms with Crippen LogP contribution in [0.1, 0.15) is 37.4 Å². The summed E-state index contributed by atoms with van der Waals surface area (Å²) in [6, 6.07) is 8.00. The minimum atomic E-state index is -0.144. The van der Waals surface area contributed by atoms with Crippen LogP contribution >= 0.6 is 0 Å². The maximum Gasteiger partial charge on any atom is 0.118 e. The standard InChI is InChI=1S/C12H15NO/c1-12(2)7-9-5-3-4-6-10(9)11(8-12)13-14/h3-6,11H,7-8H2,1-2H3. The van der Waals surface area contributed by atoms with Crippen LogP contribution in [0.5, 0.6) is 0 Å². The molecule has 74 valence electrons. The molecule has 0 heterocycles. The molecule has 0 bridgehead atoms. The highest BCUT2D eigenvalue weighted by Gasteiger charge is 2.32. The predicted molar refractivity (Wildman–Crippen MR) is 57.1 cm³/mol. The van der Waals surface area contributed by atoms with Crippen LogP contribution in [0.15, 0.2) is 29.4 Å². The molecule has 0 spiro atoms. The van der Waals surface area contributed by atoms with Crippen molar-refractivity contribution in [1.29, 1.82) is 0 Å². The van der Waals surface area contributed by atoms with E-state index in [0.717, 1.165) is 18.4 Å². The molecular formula is C12H15NO. The lowest BCUT2D eigenvalue weighted by Gasteiger charge is -2.33. The van der Waals surface area contributed by atoms with E-state index in [1.807, 2.05) is 18.2 Å². The lowest BCUT2D eigenvalue weighted by Crippen LogP contribution is -2.24. The van der Waals surface area contributed by atoms with Crippen molar-refractivity contribution in [2.75, 3.05) is 0 Å². The van der Waals surface area contributed by atoms with Gasteiger partial charge in [-0.1, -0.05) is 43.3 Å². The number of nitrogens with zero attached hydrogens (tertiary/aromatic N) is 1. The third-order valence-electron chi connectivity index (χ3n) is 2.96. The fraction of sp³-hybridized carbons (Fsp3) is 0.500. The summed E-state index contributed by atoms with van der Waals surface area (Å²) in [5.41, 5.74) is 2.61. The van der Waals surface area contributed by atoms with Gasteiger partial charge in [0.05, 0.1) is 0 Å². The highest BCUT2D eigenvalue weighted by atomic mass is 16.3. The van der Waals surface area contributed by atoms with Gasteiger partial charge in [0, 0.05) is 0 Å². The molecule has 1 aliphatic carbocycles. The highest BCUT2D eigenvalue weighted by Crippen LogP contribution is 2.42. The third kappa shape index (κ3) is 1.57. The first kappa shape index (κ1) is 9.38. The Balaban J connectivity index is 2.46. The van der Waals surface area contributed by atoms with E-state index < -0.39 is 0 Å². The zero-order chi connectivity index (χ0) is 10.2. The van der Waals surface area contributed by atoms with Crippen molar-refractivity contribution in [3.63, 3.8) is 0 Å². The van der Waals surface area contributed by atoms with Crippen molar-refractivity contribution in [3.05, 3.63) is 40.3 Å². The van der Waals surface area contributed by atoms with E-state index in [1.165, 1.54) is 5.56 Å². The van der Waals surface area contributed by atoms with Gasteiger partial charge in [0.1, 0.15) is 6.04 Å². The van der Waals surface area contributed by atoms with Crippen LogP contribution in [0, 0.1) is 10.3 Å². The van der Waals surface area contributed by atoms with E-state index in [0.29, 0.717) is 0 Å². The Kier molecular flexibility index (Phi) is 2.14. The lowest BCUT2D eigenvalue weighted by atomic mass is 9.72. The van der Waals surface area contributed by atoms with Gasteiger partial charge in [-0.3, -0.25) is 0 Å². The molecule has 1 aliphatic rings. The van der Waals surface area contributed by atoms with Crippen molar-refractivity contribution in [2.24, 2.45) is 10.6 Å². The molecule has 0 radical (unpaired) electrons. The van der Waals surface area contributed by atoms with Gasteiger partial charge in [-0.05, 0) is 29.4 Å². The van der Waals surface area contributed by atoms with Crippen molar-refractivity contribution >= 4 is 0 Å². The van der Waals surface area contributed by atoms with Crippen molar-refractivity contribution in [1.82, 2.24) is 0 Å². The van der Waals surface area contributed by atoms with Crippen LogP contribution in [-0.4, -0.2) is 0 Å². The average molecular weight is 189 g/mol. The van der Waals surface area contributed by atoms with Crippen molar-refractivity contribution in [3.8, 4) is 0 Å². The van der Waals surface area contributed by atoms with Crippen LogP contribution in [0.3, 0.4) is 0 Å². The van der Waals surface area contributed by atoms with Gasteiger partial charge in [0.2, 0.25) is 0 Å². The molecule has 0 N–H and O–H groups in total. The second kappa shape index (κ2) is 3.19. The molecule has 0 fully saturated rings. The van der Waals surface area contributed by atoms with Crippen LogP contribution in [0.25, 0.3) is 0 Å². The highest BCUT2D eigenvalue weighted by molar-refractivity contribution is 5.33. The van der Waals surface area contributed by atoms with E-state index >= 15 is 0 Å². The maximum absolute atomic E-state index is 10.8. The van der Waals surface area contributed by atoms with E-state index in [-0.39, 0.29) is 11.5 Å². The molecule has 1 aromatic carbocycles. The Morgan fingerprint density at radius 2 is 2.07 bits per heavy atom. The van der Waals surface area contributed by atoms with Crippen molar-refractivity contribution in [2.45, 2.75) is 32.7 Å². The second-order valence-corrected chi connectivity index (χ2v) is 4.87. The van der Waals surface area contributed by atoms with Gasteiger partial charge >= 0.3 is 0 Å². The minimum Gasteiger partial charge on any atom is -0.150 e. The van der Waals surface area contributed by atoms with Crippen LogP contribution < -0.4 is 0 Å². The molecule has 1 aromatic rings. The van der Waals surface area contributed by atoms with Gasteiger partial charge in [0.25, 0.3) is 0 Å². The van der Waals surface area contributed by atoms with Crippen LogP contribution in [0.4, 0.5) is 0 Å². The average Bonchev–Trinajstić information content (AvgIpc) is 2.15. The van der Waals surface area contributed by atoms with Gasteiger partial charge < -0.3 is 0 Å². The first-order valence-corrected chi connectivity index (χ1v) is 5.03. The first-order valence-electron chi connectivity index (χ1n) is 5.03. The van der Waals surface area contributed by atoms with Crippen LogP contribution in [-0.2, 0) is 6.42 Å². The summed E-state index contributed by atoms with van der Waals surface area (Å²) in [6.45, 7) is 4.39. The smallest absolute Gasteiger partial charge is 0.118 e. The topological polar surface area (TPSA) is 29.4 Å². The summed E-state index contributed by atoms with van der Waals surface area (Å²) < 4.78 is 0. The SMILES string of the molecule is CC1(C)Cc2ccccc2C(N=O)C1. The molecule has 0 aromatic heterocycles. The molecule has 0 amide bonds. The summed E-state index contributed by atoms with van der Waals surface area (Å²) in [5, 5.41) is 3.23. The Bertz CT molecular complexity index is 357. The lowest BCUT2D eigenvalue weighted by molar-refractivity contribution is 0.283. The van der Waals surface area contributed by atoms with Crippen molar-refractivity contribution < 1.29 is 0 Å². The van der Waals surface area contributed by atoms with Gasteiger partial charge in [0.15, 0.2) is 0 Å². The van der Waals surface area contributed by atoms with E-state index in [1.54, 1.807) is 0 Å². The first-order chi connectivity index (χ1) is 6.62. The van der Waals surface area contributed by atoms with Gasteiger partial charge in [-0.2, -0.15) is 4.91 Å². The monoisotopic (exact) mass is 189 g/mol. The predicted octanol–water partition coefficient (Wildman–Crippen LogP) is 3.47. The molecule has 0 aliphatic heterocycles. The molecule has 14 heavy (non-hydrogen) atoms. The molecule has 0 saturated heterocycles. The molecular weight excluding hydrogens is 174 g/mol. The number of hydrogen-bond donors (Lipinski definition) is 0. The molecule has 1 unspecified atom stereocenters. The summed E-state index contributed by atoms with van der Waals surface area (Å²) in [5.74, 6) is 0. The van der Waals surface area contributed by atoms with Gasteiger partial charge in [-0.25, -0.2) is 0 Å². The fourth-order valence-electron chi connectivity index (χ4n) is 2.34. The molecule has 2 rings (SSSR count). The quantitative estimate of drug-likeness (QED) is 0.622.